The zero-order valence-electron chi connectivity index (χ0n) is 4.97. The summed E-state index contributed by atoms with van der Waals surface area (Å²) in [7, 11) is 0. The van der Waals surface area contributed by atoms with Gasteiger partial charge in [-0.1, -0.05) is 0 Å². The molecule has 0 saturated heterocycles. The largest absolute Gasteiger partial charge is 0.471 e. The summed E-state index contributed by atoms with van der Waals surface area (Å²) in [6, 6.07) is 0. The molecular formula is C6H8OS. The zero-order chi connectivity index (χ0) is 5.98. The molecule has 0 aliphatic rings. The molecule has 8 heavy (non-hydrogen) atoms. The van der Waals surface area contributed by atoms with Gasteiger partial charge in [-0.2, -0.15) is 0 Å². The monoisotopic (exact) mass is 128 g/mol. The number of thioether (sulfide) groups is 1. The van der Waals surface area contributed by atoms with Gasteiger partial charge >= 0.3 is 0 Å². The predicted molar refractivity (Wildman–Crippen MR) is 35.2 cm³/mol. The van der Waals surface area contributed by atoms with Crippen molar-refractivity contribution in [2.24, 2.45) is 0 Å². The van der Waals surface area contributed by atoms with Crippen LogP contribution >= 0.6 is 11.8 Å². The first-order chi connectivity index (χ1) is 3.84. The van der Waals surface area contributed by atoms with E-state index >= 15 is 0 Å². The Morgan fingerprint density at radius 3 is 2.50 bits per heavy atom. The molecule has 1 rings (SSSR count). The molecule has 0 radical (unpaired) electrons. The lowest BCUT2D eigenvalue weighted by atomic mass is 10.4. The van der Waals surface area contributed by atoms with Crippen molar-refractivity contribution in [3.8, 4) is 0 Å². The quantitative estimate of drug-likeness (QED) is 0.538. The number of hydrogen-bond donors (Lipinski definition) is 0. The second-order valence-corrected chi connectivity index (χ2v) is 2.47. The lowest BCUT2D eigenvalue weighted by molar-refractivity contribution is 0.560. The van der Waals surface area contributed by atoms with Crippen LogP contribution in [0.15, 0.2) is 21.8 Å². The molecule has 0 aliphatic carbocycles. The van der Waals surface area contributed by atoms with Crippen LogP contribution in [0.5, 0.6) is 0 Å². The predicted octanol–water partition coefficient (Wildman–Crippen LogP) is 2.31. The summed E-state index contributed by atoms with van der Waals surface area (Å²) in [5.41, 5.74) is 1.22. The van der Waals surface area contributed by atoms with Crippen LogP contribution in [0.4, 0.5) is 0 Å². The fraction of sp³-hybridized carbons (Fsp3) is 0.333. The van der Waals surface area contributed by atoms with E-state index in [1.165, 1.54) is 10.5 Å². The average Bonchev–Trinajstić information content (AvgIpc) is 2.14. The van der Waals surface area contributed by atoms with Gasteiger partial charge < -0.3 is 4.42 Å². The van der Waals surface area contributed by atoms with Gasteiger partial charge in [0.1, 0.15) is 6.26 Å². The van der Waals surface area contributed by atoms with Gasteiger partial charge in [0.05, 0.1) is 6.26 Å². The standard InChI is InChI=1S/C6H8OS/c1-5-3-7-4-6(5)8-2/h3-4H,1-2H3. The third-order valence-electron chi connectivity index (χ3n) is 1.03. The Hall–Kier alpha value is -0.370. The molecule has 0 spiro atoms. The third-order valence-corrected chi connectivity index (χ3v) is 1.89. The summed E-state index contributed by atoms with van der Waals surface area (Å²) in [5.74, 6) is 0. The van der Waals surface area contributed by atoms with E-state index < -0.39 is 0 Å². The number of rotatable bonds is 1. The van der Waals surface area contributed by atoms with E-state index in [0.29, 0.717) is 0 Å². The molecule has 1 aromatic rings. The van der Waals surface area contributed by atoms with Crippen LogP contribution in [0.25, 0.3) is 0 Å². The molecule has 0 atom stereocenters. The van der Waals surface area contributed by atoms with Crippen molar-refractivity contribution in [1.82, 2.24) is 0 Å². The van der Waals surface area contributed by atoms with Crippen molar-refractivity contribution < 1.29 is 4.42 Å². The normalized spacial score (nSPS) is 9.75. The molecule has 0 N–H and O–H groups in total. The van der Waals surface area contributed by atoms with Gasteiger partial charge in [0.15, 0.2) is 0 Å². The minimum absolute atomic E-state index is 1.22. The lowest BCUT2D eigenvalue weighted by Crippen LogP contribution is -1.63. The van der Waals surface area contributed by atoms with Gasteiger partial charge in [-0.15, -0.1) is 11.8 Å². The Bertz CT molecular complexity index is 169. The molecule has 0 saturated carbocycles. The van der Waals surface area contributed by atoms with Gasteiger partial charge in [0.2, 0.25) is 0 Å². The first-order valence-electron chi connectivity index (χ1n) is 2.41. The van der Waals surface area contributed by atoms with Crippen LogP contribution < -0.4 is 0 Å². The lowest BCUT2D eigenvalue weighted by Gasteiger charge is -1.85. The summed E-state index contributed by atoms with van der Waals surface area (Å²) in [4.78, 5) is 1.23. The van der Waals surface area contributed by atoms with E-state index in [9.17, 15) is 0 Å². The van der Waals surface area contributed by atoms with Crippen LogP contribution in [0, 0.1) is 6.92 Å². The highest BCUT2D eigenvalue weighted by Gasteiger charge is 1.94. The molecule has 44 valence electrons. The van der Waals surface area contributed by atoms with Gasteiger partial charge in [-0.05, 0) is 13.2 Å². The van der Waals surface area contributed by atoms with Crippen molar-refractivity contribution in [2.45, 2.75) is 11.8 Å². The fourth-order valence-corrected chi connectivity index (χ4v) is 1.08. The Morgan fingerprint density at radius 2 is 2.25 bits per heavy atom. The number of hydrogen-bond acceptors (Lipinski definition) is 2. The molecule has 2 heteroatoms. The fourth-order valence-electron chi connectivity index (χ4n) is 0.558. The van der Waals surface area contributed by atoms with E-state index in [0.717, 1.165) is 0 Å². The maximum atomic E-state index is 4.92. The van der Waals surface area contributed by atoms with Gasteiger partial charge in [-0.3, -0.25) is 0 Å². The van der Waals surface area contributed by atoms with Crippen LogP contribution in [0.1, 0.15) is 5.56 Å². The highest BCUT2D eigenvalue weighted by atomic mass is 32.2. The number of furan rings is 1. The Labute approximate surface area is 53.1 Å². The number of aryl methyl sites for hydroxylation is 1. The first-order valence-corrected chi connectivity index (χ1v) is 3.64. The molecular weight excluding hydrogens is 120 g/mol. The van der Waals surface area contributed by atoms with E-state index in [-0.39, 0.29) is 0 Å². The molecule has 0 aliphatic heterocycles. The summed E-state index contributed by atoms with van der Waals surface area (Å²) >= 11 is 1.71. The maximum absolute atomic E-state index is 4.92. The minimum atomic E-state index is 1.22. The molecule has 0 bridgehead atoms. The van der Waals surface area contributed by atoms with E-state index in [2.05, 4.69) is 0 Å². The van der Waals surface area contributed by atoms with Gasteiger partial charge in [0, 0.05) is 10.5 Å². The molecule has 0 amide bonds. The maximum Gasteiger partial charge on any atom is 0.104 e. The summed E-state index contributed by atoms with van der Waals surface area (Å²) in [6.45, 7) is 2.04. The second-order valence-electron chi connectivity index (χ2n) is 1.62. The molecule has 1 nitrogen and oxygen atoms in total. The topological polar surface area (TPSA) is 13.1 Å². The molecule has 1 heterocycles. The van der Waals surface area contributed by atoms with Crippen molar-refractivity contribution in [3.63, 3.8) is 0 Å². The van der Waals surface area contributed by atoms with Crippen molar-refractivity contribution in [1.29, 1.82) is 0 Å². The second kappa shape index (κ2) is 2.27. The summed E-state index contributed by atoms with van der Waals surface area (Å²) < 4.78 is 4.92. The average molecular weight is 128 g/mol. The minimum Gasteiger partial charge on any atom is -0.471 e. The first kappa shape index (κ1) is 5.76. The van der Waals surface area contributed by atoms with Crippen molar-refractivity contribution in [2.75, 3.05) is 6.26 Å². The van der Waals surface area contributed by atoms with E-state index in [1.807, 2.05) is 13.2 Å². The summed E-state index contributed by atoms with van der Waals surface area (Å²) in [6.07, 6.45) is 5.56. The van der Waals surface area contributed by atoms with Crippen molar-refractivity contribution >= 4 is 11.8 Å². The van der Waals surface area contributed by atoms with Crippen LogP contribution in [0.2, 0.25) is 0 Å². The van der Waals surface area contributed by atoms with E-state index in [1.54, 1.807) is 24.3 Å². The molecule has 1 aromatic heterocycles. The Balaban J connectivity index is 2.92. The van der Waals surface area contributed by atoms with E-state index in [4.69, 9.17) is 4.42 Å². The molecule has 0 aromatic carbocycles. The third kappa shape index (κ3) is 0.892. The smallest absolute Gasteiger partial charge is 0.104 e. The van der Waals surface area contributed by atoms with Crippen LogP contribution in [-0.2, 0) is 0 Å². The zero-order valence-corrected chi connectivity index (χ0v) is 5.79. The molecule has 0 fully saturated rings. The van der Waals surface area contributed by atoms with Crippen LogP contribution in [0.3, 0.4) is 0 Å². The molecule has 0 unspecified atom stereocenters. The Morgan fingerprint density at radius 1 is 1.50 bits per heavy atom. The van der Waals surface area contributed by atoms with Crippen LogP contribution in [-0.4, -0.2) is 6.26 Å². The van der Waals surface area contributed by atoms with Gasteiger partial charge in [-0.25, -0.2) is 0 Å². The Kier molecular flexibility index (Phi) is 1.63. The highest BCUT2D eigenvalue weighted by Crippen LogP contribution is 2.19. The van der Waals surface area contributed by atoms with Gasteiger partial charge in [0.25, 0.3) is 0 Å². The summed E-state index contributed by atoms with van der Waals surface area (Å²) in [5, 5.41) is 0. The highest BCUT2D eigenvalue weighted by molar-refractivity contribution is 7.98. The van der Waals surface area contributed by atoms with Crippen molar-refractivity contribution in [3.05, 3.63) is 18.1 Å². The SMILES string of the molecule is CSc1cocc1C.